The van der Waals surface area contributed by atoms with Crippen molar-refractivity contribution in [3.05, 3.63) is 23.2 Å². The third-order valence-electron chi connectivity index (χ3n) is 4.16. The summed E-state index contributed by atoms with van der Waals surface area (Å²) in [5, 5.41) is 2.89. The van der Waals surface area contributed by atoms with Gasteiger partial charge in [-0.15, -0.1) is 0 Å². The summed E-state index contributed by atoms with van der Waals surface area (Å²) in [6, 6.07) is 4.24. The molecule has 146 valence electrons. The molecule has 0 saturated carbocycles. The Labute approximate surface area is 159 Å². The highest BCUT2D eigenvalue weighted by Crippen LogP contribution is 2.28. The molecule has 0 radical (unpaired) electrons. The zero-order valence-electron chi connectivity index (χ0n) is 15.0. The number of hydrogen-bond donors (Lipinski definition) is 1. The van der Waals surface area contributed by atoms with Crippen molar-refractivity contribution in [2.24, 2.45) is 0 Å². The van der Waals surface area contributed by atoms with Gasteiger partial charge in [-0.25, -0.2) is 8.42 Å². The van der Waals surface area contributed by atoms with Crippen molar-refractivity contribution in [3.8, 4) is 5.75 Å². The van der Waals surface area contributed by atoms with Crippen LogP contribution in [0.2, 0.25) is 5.02 Å². The Morgan fingerprint density at radius 2 is 2.12 bits per heavy atom. The van der Waals surface area contributed by atoms with E-state index in [0.717, 1.165) is 19.4 Å². The molecule has 1 aromatic rings. The first-order valence-corrected chi connectivity index (χ1v) is 10.5. The van der Waals surface area contributed by atoms with Crippen LogP contribution in [0.15, 0.2) is 23.1 Å². The van der Waals surface area contributed by atoms with Crippen molar-refractivity contribution in [2.75, 3.05) is 32.8 Å². The lowest BCUT2D eigenvalue weighted by molar-refractivity contribution is -0.123. The lowest BCUT2D eigenvalue weighted by Gasteiger charge is -2.19. The highest BCUT2D eigenvalue weighted by Gasteiger charge is 2.23. The van der Waals surface area contributed by atoms with E-state index in [1.54, 1.807) is 13.8 Å². The van der Waals surface area contributed by atoms with Gasteiger partial charge in [0.2, 0.25) is 10.0 Å². The van der Waals surface area contributed by atoms with Crippen molar-refractivity contribution in [1.29, 1.82) is 0 Å². The number of amides is 1. The highest BCUT2D eigenvalue weighted by molar-refractivity contribution is 7.89. The number of hydrogen-bond acceptors (Lipinski definition) is 5. The molecular formula is C17H25ClN2O5S. The van der Waals surface area contributed by atoms with Gasteiger partial charge in [0.1, 0.15) is 5.75 Å². The SMILES string of the molecule is CCN(CC)S(=O)(=O)c1ccc(OCC(=O)NC[C@H]2CCCO2)c(Cl)c1. The molecule has 0 bridgehead atoms. The van der Waals surface area contributed by atoms with Crippen LogP contribution >= 0.6 is 11.6 Å². The summed E-state index contributed by atoms with van der Waals surface area (Å²) in [4.78, 5) is 11.9. The summed E-state index contributed by atoms with van der Waals surface area (Å²) in [6.45, 7) is 5.28. The van der Waals surface area contributed by atoms with Crippen LogP contribution in [-0.4, -0.2) is 57.6 Å². The van der Waals surface area contributed by atoms with Gasteiger partial charge in [-0.05, 0) is 31.0 Å². The number of nitrogens with zero attached hydrogens (tertiary/aromatic N) is 1. The third kappa shape index (κ3) is 5.33. The zero-order valence-corrected chi connectivity index (χ0v) is 16.6. The number of ether oxygens (including phenoxy) is 2. The number of rotatable bonds is 9. The molecule has 9 heteroatoms. The molecule has 1 aromatic carbocycles. The molecule has 1 atom stereocenters. The summed E-state index contributed by atoms with van der Waals surface area (Å²) in [7, 11) is -3.59. The Morgan fingerprint density at radius 1 is 1.38 bits per heavy atom. The van der Waals surface area contributed by atoms with Crippen LogP contribution in [0.5, 0.6) is 5.75 Å². The molecule has 0 aromatic heterocycles. The van der Waals surface area contributed by atoms with Gasteiger partial charge in [0, 0.05) is 26.2 Å². The maximum atomic E-state index is 12.5. The molecule has 1 N–H and O–H groups in total. The first kappa shape index (κ1) is 21.0. The number of nitrogens with one attached hydrogen (secondary N) is 1. The average Bonchev–Trinajstić information content (AvgIpc) is 3.13. The molecule has 7 nitrogen and oxygen atoms in total. The maximum Gasteiger partial charge on any atom is 0.258 e. The Hall–Kier alpha value is -1.35. The minimum absolute atomic E-state index is 0.0621. The van der Waals surface area contributed by atoms with Crippen LogP contribution in [0.1, 0.15) is 26.7 Å². The molecule has 2 rings (SSSR count). The number of halogens is 1. The third-order valence-corrected chi connectivity index (χ3v) is 6.50. The smallest absolute Gasteiger partial charge is 0.258 e. The molecule has 0 spiro atoms. The molecule has 1 saturated heterocycles. The van der Waals surface area contributed by atoms with E-state index in [-0.39, 0.29) is 34.3 Å². The molecule has 0 aliphatic carbocycles. The van der Waals surface area contributed by atoms with E-state index in [9.17, 15) is 13.2 Å². The average molecular weight is 405 g/mol. The van der Waals surface area contributed by atoms with E-state index in [0.29, 0.717) is 19.6 Å². The molecule has 1 heterocycles. The lowest BCUT2D eigenvalue weighted by atomic mass is 10.2. The number of benzene rings is 1. The second-order valence-electron chi connectivity index (χ2n) is 5.91. The maximum absolute atomic E-state index is 12.5. The van der Waals surface area contributed by atoms with Crippen LogP contribution < -0.4 is 10.1 Å². The van der Waals surface area contributed by atoms with Crippen molar-refractivity contribution >= 4 is 27.5 Å². The Kier molecular flexibility index (Phi) is 7.69. The quantitative estimate of drug-likeness (QED) is 0.680. The van der Waals surface area contributed by atoms with Crippen LogP contribution in [0.4, 0.5) is 0 Å². The number of sulfonamides is 1. The summed E-state index contributed by atoms with van der Waals surface area (Å²) in [6.07, 6.45) is 2.01. The van der Waals surface area contributed by atoms with Gasteiger partial charge in [-0.3, -0.25) is 4.79 Å². The molecule has 1 aliphatic rings. The zero-order chi connectivity index (χ0) is 19.2. The minimum Gasteiger partial charge on any atom is -0.482 e. The summed E-state index contributed by atoms with van der Waals surface area (Å²) in [5.74, 6) is -0.0196. The fraction of sp³-hybridized carbons (Fsp3) is 0.588. The molecule has 1 amide bonds. The number of carbonyl (C=O) groups excluding carboxylic acids is 1. The second-order valence-corrected chi connectivity index (χ2v) is 8.25. The van der Waals surface area contributed by atoms with Gasteiger partial charge in [0.05, 0.1) is 16.0 Å². The standard InChI is InChI=1S/C17H25ClN2O5S/c1-3-20(4-2)26(22,23)14-7-8-16(15(18)10-14)25-12-17(21)19-11-13-6-5-9-24-13/h7-8,10,13H,3-6,9,11-12H2,1-2H3,(H,19,21)/t13-/m1/s1. The molecule has 26 heavy (non-hydrogen) atoms. The largest absolute Gasteiger partial charge is 0.482 e. The van der Waals surface area contributed by atoms with Crippen LogP contribution in [0.25, 0.3) is 0 Å². The Balaban J connectivity index is 1.93. The van der Waals surface area contributed by atoms with Crippen LogP contribution in [0, 0.1) is 0 Å². The predicted octanol–water partition coefficient (Wildman–Crippen LogP) is 2.04. The summed E-state index contributed by atoms with van der Waals surface area (Å²) < 4.78 is 37.1. The lowest BCUT2D eigenvalue weighted by Crippen LogP contribution is -2.35. The van der Waals surface area contributed by atoms with E-state index in [2.05, 4.69) is 5.32 Å². The Bertz CT molecular complexity index is 716. The van der Waals surface area contributed by atoms with E-state index < -0.39 is 10.0 Å². The molecule has 0 unspecified atom stereocenters. The fourth-order valence-corrected chi connectivity index (χ4v) is 4.48. The predicted molar refractivity (Wildman–Crippen MR) is 99.0 cm³/mol. The van der Waals surface area contributed by atoms with Gasteiger partial charge in [0.15, 0.2) is 6.61 Å². The Morgan fingerprint density at radius 3 is 2.69 bits per heavy atom. The van der Waals surface area contributed by atoms with E-state index >= 15 is 0 Å². The van der Waals surface area contributed by atoms with Gasteiger partial charge >= 0.3 is 0 Å². The molecule has 1 aliphatic heterocycles. The topological polar surface area (TPSA) is 84.9 Å². The van der Waals surface area contributed by atoms with Crippen LogP contribution in [0.3, 0.4) is 0 Å². The van der Waals surface area contributed by atoms with Crippen molar-refractivity contribution in [1.82, 2.24) is 9.62 Å². The second kappa shape index (κ2) is 9.55. The normalized spacial score (nSPS) is 17.5. The first-order valence-electron chi connectivity index (χ1n) is 8.69. The number of carbonyl (C=O) groups is 1. The van der Waals surface area contributed by atoms with Crippen molar-refractivity contribution < 1.29 is 22.7 Å². The van der Waals surface area contributed by atoms with Gasteiger partial charge < -0.3 is 14.8 Å². The van der Waals surface area contributed by atoms with Crippen molar-refractivity contribution in [3.63, 3.8) is 0 Å². The van der Waals surface area contributed by atoms with E-state index in [4.69, 9.17) is 21.1 Å². The van der Waals surface area contributed by atoms with Gasteiger partial charge in [-0.1, -0.05) is 25.4 Å². The van der Waals surface area contributed by atoms with Gasteiger partial charge in [0.25, 0.3) is 5.91 Å². The molecular weight excluding hydrogens is 380 g/mol. The minimum atomic E-state index is -3.59. The highest BCUT2D eigenvalue weighted by atomic mass is 35.5. The van der Waals surface area contributed by atoms with Gasteiger partial charge in [-0.2, -0.15) is 4.31 Å². The monoisotopic (exact) mass is 404 g/mol. The fourth-order valence-electron chi connectivity index (χ4n) is 2.70. The first-order chi connectivity index (χ1) is 12.4. The summed E-state index contributed by atoms with van der Waals surface area (Å²) >= 11 is 6.13. The van der Waals surface area contributed by atoms with E-state index in [1.165, 1.54) is 22.5 Å². The molecule has 1 fully saturated rings. The summed E-state index contributed by atoms with van der Waals surface area (Å²) in [5.41, 5.74) is 0. The van der Waals surface area contributed by atoms with Crippen molar-refractivity contribution in [2.45, 2.75) is 37.7 Å². The van der Waals surface area contributed by atoms with E-state index in [1.807, 2.05) is 0 Å². The van der Waals surface area contributed by atoms with Crippen LogP contribution in [-0.2, 0) is 19.6 Å².